The molecule has 0 aliphatic heterocycles. The van der Waals surface area contributed by atoms with Crippen molar-refractivity contribution in [2.24, 2.45) is 0 Å². The minimum Gasteiger partial charge on any atom is -0.350 e. The lowest BCUT2D eigenvalue weighted by Crippen LogP contribution is -2.30. The van der Waals surface area contributed by atoms with Gasteiger partial charge in [-0.05, 0) is 14.0 Å². The SMILES string of the molecule is CNCCNC(=O)c1sc(C)nc1F. The van der Waals surface area contributed by atoms with E-state index in [0.29, 0.717) is 18.1 Å². The van der Waals surface area contributed by atoms with Crippen LogP contribution in [0.2, 0.25) is 0 Å². The highest BCUT2D eigenvalue weighted by Gasteiger charge is 2.15. The van der Waals surface area contributed by atoms with Crippen LogP contribution >= 0.6 is 11.3 Å². The minimum atomic E-state index is -0.686. The summed E-state index contributed by atoms with van der Waals surface area (Å²) in [6, 6.07) is 0. The van der Waals surface area contributed by atoms with Gasteiger partial charge in [-0.15, -0.1) is 11.3 Å². The van der Waals surface area contributed by atoms with Crippen LogP contribution in [0.25, 0.3) is 0 Å². The van der Waals surface area contributed by atoms with Crippen LogP contribution in [0.5, 0.6) is 0 Å². The van der Waals surface area contributed by atoms with Crippen molar-refractivity contribution in [2.45, 2.75) is 6.92 Å². The molecule has 0 bridgehead atoms. The summed E-state index contributed by atoms with van der Waals surface area (Å²) in [4.78, 5) is 14.9. The summed E-state index contributed by atoms with van der Waals surface area (Å²) in [6.07, 6.45) is 0. The molecule has 4 nitrogen and oxygen atoms in total. The van der Waals surface area contributed by atoms with Gasteiger partial charge in [-0.3, -0.25) is 4.79 Å². The quantitative estimate of drug-likeness (QED) is 0.724. The summed E-state index contributed by atoms with van der Waals surface area (Å²) >= 11 is 1.06. The minimum absolute atomic E-state index is 0.0543. The highest BCUT2D eigenvalue weighted by molar-refractivity contribution is 7.13. The van der Waals surface area contributed by atoms with E-state index in [-0.39, 0.29) is 4.88 Å². The van der Waals surface area contributed by atoms with E-state index in [2.05, 4.69) is 15.6 Å². The zero-order valence-corrected chi connectivity index (χ0v) is 8.87. The van der Waals surface area contributed by atoms with Crippen molar-refractivity contribution in [3.05, 3.63) is 15.8 Å². The Labute approximate surface area is 85.5 Å². The third kappa shape index (κ3) is 2.74. The average Bonchev–Trinajstić information content (AvgIpc) is 2.45. The number of nitrogens with one attached hydrogen (secondary N) is 2. The van der Waals surface area contributed by atoms with Gasteiger partial charge in [-0.1, -0.05) is 0 Å². The Bertz CT molecular complexity index is 326. The second-order valence-electron chi connectivity index (χ2n) is 2.71. The van der Waals surface area contributed by atoms with Crippen LogP contribution < -0.4 is 10.6 Å². The first-order valence-electron chi connectivity index (χ1n) is 4.21. The molecule has 0 aromatic carbocycles. The van der Waals surface area contributed by atoms with Gasteiger partial charge in [-0.2, -0.15) is 4.39 Å². The Morgan fingerprint density at radius 1 is 1.57 bits per heavy atom. The number of halogens is 1. The fourth-order valence-electron chi connectivity index (χ4n) is 0.923. The Balaban J connectivity index is 2.56. The molecule has 0 saturated carbocycles. The molecule has 1 aromatic rings. The molecule has 0 aliphatic carbocycles. The predicted molar refractivity (Wildman–Crippen MR) is 53.1 cm³/mol. The lowest BCUT2D eigenvalue weighted by molar-refractivity contribution is 0.0954. The van der Waals surface area contributed by atoms with E-state index in [1.807, 2.05) is 0 Å². The molecule has 0 saturated heterocycles. The Morgan fingerprint density at radius 2 is 2.29 bits per heavy atom. The normalized spacial score (nSPS) is 10.2. The Morgan fingerprint density at radius 3 is 2.79 bits per heavy atom. The summed E-state index contributed by atoms with van der Waals surface area (Å²) in [5.41, 5.74) is 0. The Hall–Kier alpha value is -1.01. The van der Waals surface area contributed by atoms with E-state index >= 15 is 0 Å². The number of likely N-dealkylation sites (N-methyl/N-ethyl adjacent to an activating group) is 1. The molecule has 1 heterocycles. The smallest absolute Gasteiger partial charge is 0.266 e. The molecule has 2 N–H and O–H groups in total. The average molecular weight is 217 g/mol. The number of hydrogen-bond acceptors (Lipinski definition) is 4. The van der Waals surface area contributed by atoms with Gasteiger partial charge in [0.1, 0.15) is 4.88 Å². The van der Waals surface area contributed by atoms with Crippen LogP contribution in [-0.4, -0.2) is 31.0 Å². The molecule has 0 fully saturated rings. The molecular weight excluding hydrogens is 205 g/mol. The van der Waals surface area contributed by atoms with Crippen LogP contribution in [-0.2, 0) is 0 Å². The molecule has 1 aromatic heterocycles. The first kappa shape index (κ1) is 11.1. The van der Waals surface area contributed by atoms with E-state index in [4.69, 9.17) is 0 Å². The monoisotopic (exact) mass is 217 g/mol. The second kappa shape index (κ2) is 5.02. The number of carbonyl (C=O) groups is 1. The van der Waals surface area contributed by atoms with Crippen LogP contribution in [0.3, 0.4) is 0 Å². The molecule has 1 rings (SSSR count). The number of amides is 1. The van der Waals surface area contributed by atoms with Gasteiger partial charge in [-0.25, -0.2) is 4.98 Å². The zero-order chi connectivity index (χ0) is 10.6. The topological polar surface area (TPSA) is 54.0 Å². The van der Waals surface area contributed by atoms with Crippen LogP contribution in [0.4, 0.5) is 4.39 Å². The summed E-state index contributed by atoms with van der Waals surface area (Å²) in [7, 11) is 1.78. The molecule has 0 atom stereocenters. The maximum Gasteiger partial charge on any atom is 0.266 e. The fourth-order valence-corrected chi connectivity index (χ4v) is 1.64. The molecule has 6 heteroatoms. The standard InChI is InChI=1S/C8H12FN3OS/c1-5-12-7(9)6(14-5)8(13)11-4-3-10-2/h10H,3-4H2,1-2H3,(H,11,13). The van der Waals surface area contributed by atoms with Gasteiger partial charge in [0.25, 0.3) is 5.91 Å². The van der Waals surface area contributed by atoms with Gasteiger partial charge in [0.15, 0.2) is 0 Å². The van der Waals surface area contributed by atoms with Gasteiger partial charge in [0.2, 0.25) is 5.95 Å². The highest BCUT2D eigenvalue weighted by atomic mass is 32.1. The van der Waals surface area contributed by atoms with Crippen molar-refractivity contribution < 1.29 is 9.18 Å². The van der Waals surface area contributed by atoms with E-state index in [1.54, 1.807) is 14.0 Å². The van der Waals surface area contributed by atoms with Gasteiger partial charge >= 0.3 is 0 Å². The predicted octanol–water partition coefficient (Wildman–Crippen LogP) is 0.540. The molecule has 0 aliphatic rings. The number of thiazole rings is 1. The van der Waals surface area contributed by atoms with Crippen molar-refractivity contribution in [1.29, 1.82) is 0 Å². The first-order valence-corrected chi connectivity index (χ1v) is 5.02. The molecule has 78 valence electrons. The summed E-state index contributed by atoms with van der Waals surface area (Å²) in [5.74, 6) is -1.09. The maximum absolute atomic E-state index is 13.0. The molecule has 1 amide bonds. The Kier molecular flexibility index (Phi) is 3.97. The molecule has 0 radical (unpaired) electrons. The van der Waals surface area contributed by atoms with Crippen LogP contribution in [0.15, 0.2) is 0 Å². The number of rotatable bonds is 4. The number of nitrogens with zero attached hydrogens (tertiary/aromatic N) is 1. The van der Waals surface area contributed by atoms with Gasteiger partial charge in [0.05, 0.1) is 5.01 Å². The molecule has 0 spiro atoms. The van der Waals surface area contributed by atoms with Crippen molar-refractivity contribution in [3.63, 3.8) is 0 Å². The third-order valence-electron chi connectivity index (χ3n) is 1.56. The maximum atomic E-state index is 13.0. The van der Waals surface area contributed by atoms with Crippen LogP contribution in [0, 0.1) is 12.9 Å². The number of aryl methyl sites for hydroxylation is 1. The number of hydrogen-bond donors (Lipinski definition) is 2. The largest absolute Gasteiger partial charge is 0.350 e. The second-order valence-corrected chi connectivity index (χ2v) is 3.92. The molecule has 0 unspecified atom stereocenters. The van der Waals surface area contributed by atoms with E-state index < -0.39 is 11.9 Å². The first-order chi connectivity index (χ1) is 6.65. The highest BCUT2D eigenvalue weighted by Crippen LogP contribution is 2.15. The van der Waals surface area contributed by atoms with Crippen molar-refractivity contribution >= 4 is 17.2 Å². The lowest BCUT2D eigenvalue weighted by Gasteiger charge is -2.01. The van der Waals surface area contributed by atoms with Crippen molar-refractivity contribution in [3.8, 4) is 0 Å². The van der Waals surface area contributed by atoms with E-state index in [0.717, 1.165) is 11.3 Å². The molecule has 14 heavy (non-hydrogen) atoms. The van der Waals surface area contributed by atoms with Gasteiger partial charge in [0, 0.05) is 13.1 Å². The van der Waals surface area contributed by atoms with Crippen molar-refractivity contribution in [1.82, 2.24) is 15.6 Å². The van der Waals surface area contributed by atoms with E-state index in [9.17, 15) is 9.18 Å². The molecular formula is C8H12FN3OS. The fraction of sp³-hybridized carbons (Fsp3) is 0.500. The summed E-state index contributed by atoms with van der Waals surface area (Å²) < 4.78 is 13.0. The van der Waals surface area contributed by atoms with Crippen molar-refractivity contribution in [2.75, 3.05) is 20.1 Å². The zero-order valence-electron chi connectivity index (χ0n) is 8.06. The lowest BCUT2D eigenvalue weighted by atomic mass is 10.5. The summed E-state index contributed by atoms with van der Waals surface area (Å²) in [5, 5.41) is 6.01. The van der Waals surface area contributed by atoms with Crippen LogP contribution in [0.1, 0.15) is 14.7 Å². The van der Waals surface area contributed by atoms with Gasteiger partial charge < -0.3 is 10.6 Å². The summed E-state index contributed by atoms with van der Waals surface area (Å²) in [6.45, 7) is 2.80. The number of carbonyl (C=O) groups excluding carboxylic acids is 1. The third-order valence-corrected chi connectivity index (χ3v) is 2.50. The van der Waals surface area contributed by atoms with E-state index in [1.165, 1.54) is 0 Å². The number of aromatic nitrogens is 1.